The van der Waals surface area contributed by atoms with Gasteiger partial charge in [0.05, 0.1) is 36.9 Å². The number of carbonyl (C=O) groups is 3. The van der Waals surface area contributed by atoms with Crippen molar-refractivity contribution in [2.24, 2.45) is 5.92 Å². The van der Waals surface area contributed by atoms with Crippen LogP contribution in [0.2, 0.25) is 0 Å². The summed E-state index contributed by atoms with van der Waals surface area (Å²) in [5.41, 5.74) is 0.534. The zero-order valence-corrected chi connectivity index (χ0v) is 23.4. The van der Waals surface area contributed by atoms with Crippen LogP contribution in [0.3, 0.4) is 0 Å². The van der Waals surface area contributed by atoms with Gasteiger partial charge in [-0.1, -0.05) is 37.3 Å². The van der Waals surface area contributed by atoms with Crippen LogP contribution in [0.25, 0.3) is 0 Å². The van der Waals surface area contributed by atoms with Crippen molar-refractivity contribution in [2.45, 2.75) is 122 Å². The Hall–Kier alpha value is -2.96. The third-order valence-corrected chi connectivity index (χ3v) is 7.13. The van der Waals surface area contributed by atoms with E-state index in [2.05, 4.69) is 13.0 Å². The molecule has 0 saturated carbocycles. The lowest BCUT2D eigenvalue weighted by molar-refractivity contribution is -0.180. The second-order valence-electron chi connectivity index (χ2n) is 10.8. The van der Waals surface area contributed by atoms with Gasteiger partial charge < -0.3 is 23.7 Å². The molecule has 0 radical (unpaired) electrons. The predicted molar refractivity (Wildman–Crippen MR) is 141 cm³/mol. The van der Waals surface area contributed by atoms with Crippen molar-refractivity contribution >= 4 is 17.9 Å². The third kappa shape index (κ3) is 9.63. The molecule has 3 rings (SSSR count). The minimum Gasteiger partial charge on any atom is -0.461 e. The van der Waals surface area contributed by atoms with E-state index in [1.54, 1.807) is 24.3 Å². The molecule has 0 unspecified atom stereocenters. The fourth-order valence-electron chi connectivity index (χ4n) is 5.25. The van der Waals surface area contributed by atoms with Gasteiger partial charge in [-0.3, -0.25) is 4.79 Å². The number of ether oxygens (including phenoxy) is 5. The standard InChI is InChI=1S/C30H41NO8/c1-19(2)35-29(33)27-14-13-20(3)26(39-27)12-8-11-23-17-25(18-24(37-23)15-16-31)38-30(34)28(36-21(4)32)22-9-6-5-7-10-22/h5-7,9-10,19-20,23-28H,8,11-15,17-18H2,1-4H3/t20-,23+,24-,25+,26+,27-,28-/m0/s1. The zero-order valence-electron chi connectivity index (χ0n) is 23.4. The number of carbonyl (C=O) groups excluding carboxylic acids is 3. The molecule has 9 nitrogen and oxygen atoms in total. The molecule has 2 fully saturated rings. The van der Waals surface area contributed by atoms with E-state index < -0.39 is 30.3 Å². The zero-order chi connectivity index (χ0) is 28.4. The van der Waals surface area contributed by atoms with E-state index in [1.165, 1.54) is 6.92 Å². The van der Waals surface area contributed by atoms with Crippen LogP contribution in [-0.2, 0) is 38.1 Å². The Morgan fingerprint density at radius 1 is 1.03 bits per heavy atom. The summed E-state index contributed by atoms with van der Waals surface area (Å²) >= 11 is 0. The van der Waals surface area contributed by atoms with Gasteiger partial charge in [0.1, 0.15) is 6.10 Å². The van der Waals surface area contributed by atoms with E-state index in [4.69, 9.17) is 23.7 Å². The van der Waals surface area contributed by atoms with Crippen molar-refractivity contribution in [3.05, 3.63) is 35.9 Å². The van der Waals surface area contributed by atoms with Gasteiger partial charge >= 0.3 is 17.9 Å². The predicted octanol–water partition coefficient (Wildman–Crippen LogP) is 4.97. The molecule has 39 heavy (non-hydrogen) atoms. The lowest BCUT2D eigenvalue weighted by Gasteiger charge is -2.36. The summed E-state index contributed by atoms with van der Waals surface area (Å²) in [6, 6.07) is 10.9. The molecule has 1 aromatic carbocycles. The summed E-state index contributed by atoms with van der Waals surface area (Å²) in [4.78, 5) is 37.1. The molecule has 0 amide bonds. The molecule has 0 N–H and O–H groups in total. The summed E-state index contributed by atoms with van der Waals surface area (Å²) in [7, 11) is 0. The van der Waals surface area contributed by atoms with Crippen LogP contribution in [0.1, 0.15) is 90.7 Å². The number of hydrogen-bond acceptors (Lipinski definition) is 9. The Labute approximate surface area is 231 Å². The maximum Gasteiger partial charge on any atom is 0.352 e. The average Bonchev–Trinajstić information content (AvgIpc) is 2.88. The minimum absolute atomic E-state index is 0.0501. The molecule has 0 aromatic heterocycles. The molecule has 0 aliphatic carbocycles. The van der Waals surface area contributed by atoms with Gasteiger partial charge in [0.15, 0.2) is 6.10 Å². The first-order chi connectivity index (χ1) is 18.7. The minimum atomic E-state index is -1.15. The highest BCUT2D eigenvalue weighted by molar-refractivity contribution is 5.80. The van der Waals surface area contributed by atoms with Gasteiger partial charge in [0.25, 0.3) is 0 Å². The van der Waals surface area contributed by atoms with Gasteiger partial charge in [-0.05, 0) is 51.9 Å². The van der Waals surface area contributed by atoms with Gasteiger partial charge in [0.2, 0.25) is 6.10 Å². The SMILES string of the molecule is CC(=O)O[C@H](C(=O)O[C@@H]1C[C@@H](CCC[C@H]2O[C@H](C(=O)OC(C)C)CC[C@@H]2C)O[C@@H](CC#N)C1)c1ccccc1. The molecular weight excluding hydrogens is 502 g/mol. The summed E-state index contributed by atoms with van der Waals surface area (Å²) in [5, 5.41) is 9.26. The largest absolute Gasteiger partial charge is 0.461 e. The first kappa shape index (κ1) is 30.6. The van der Waals surface area contributed by atoms with E-state index in [9.17, 15) is 19.6 Å². The normalized spacial score (nSPS) is 27.7. The van der Waals surface area contributed by atoms with Crippen LogP contribution >= 0.6 is 0 Å². The lowest BCUT2D eigenvalue weighted by Crippen LogP contribution is -2.40. The van der Waals surface area contributed by atoms with Crippen molar-refractivity contribution in [3.63, 3.8) is 0 Å². The summed E-state index contributed by atoms with van der Waals surface area (Å²) < 4.78 is 28.7. The van der Waals surface area contributed by atoms with Crippen molar-refractivity contribution < 1.29 is 38.1 Å². The number of rotatable bonds is 11. The van der Waals surface area contributed by atoms with Crippen molar-refractivity contribution in [3.8, 4) is 6.07 Å². The molecule has 0 spiro atoms. The molecule has 2 aliphatic rings. The first-order valence-corrected chi connectivity index (χ1v) is 14.0. The number of nitriles is 1. The topological polar surface area (TPSA) is 121 Å². The highest BCUT2D eigenvalue weighted by atomic mass is 16.6. The summed E-state index contributed by atoms with van der Waals surface area (Å²) in [6.45, 7) is 7.04. The lowest BCUT2D eigenvalue weighted by atomic mass is 9.89. The molecule has 2 aliphatic heterocycles. The second-order valence-corrected chi connectivity index (χ2v) is 10.8. The Balaban J connectivity index is 1.57. The van der Waals surface area contributed by atoms with E-state index >= 15 is 0 Å². The fourth-order valence-corrected chi connectivity index (χ4v) is 5.25. The smallest absolute Gasteiger partial charge is 0.352 e. The molecule has 1 aromatic rings. The van der Waals surface area contributed by atoms with Crippen molar-refractivity contribution in [2.75, 3.05) is 0 Å². The van der Waals surface area contributed by atoms with E-state index in [0.29, 0.717) is 37.2 Å². The highest BCUT2D eigenvalue weighted by Gasteiger charge is 2.36. The number of nitrogens with zero attached hydrogens (tertiary/aromatic N) is 1. The fraction of sp³-hybridized carbons (Fsp3) is 0.667. The van der Waals surface area contributed by atoms with Crippen LogP contribution in [0.15, 0.2) is 30.3 Å². The highest BCUT2D eigenvalue weighted by Crippen LogP contribution is 2.32. The Bertz CT molecular complexity index is 990. The van der Waals surface area contributed by atoms with Crippen molar-refractivity contribution in [1.29, 1.82) is 5.26 Å². The Morgan fingerprint density at radius 3 is 2.41 bits per heavy atom. The van der Waals surface area contributed by atoms with E-state index in [-0.39, 0.29) is 36.8 Å². The number of hydrogen-bond donors (Lipinski definition) is 0. The summed E-state index contributed by atoms with van der Waals surface area (Å²) in [6.07, 6.45) is 1.99. The van der Waals surface area contributed by atoms with Gasteiger partial charge in [-0.15, -0.1) is 0 Å². The molecule has 7 atom stereocenters. The quantitative estimate of drug-likeness (QED) is 0.281. The first-order valence-electron chi connectivity index (χ1n) is 14.0. The monoisotopic (exact) mass is 543 g/mol. The molecule has 2 saturated heterocycles. The van der Waals surface area contributed by atoms with Crippen LogP contribution in [0.5, 0.6) is 0 Å². The molecule has 0 bridgehead atoms. The van der Waals surface area contributed by atoms with Crippen LogP contribution in [-0.4, -0.2) is 54.5 Å². The molecule has 9 heteroatoms. The van der Waals surface area contributed by atoms with E-state index in [1.807, 2.05) is 19.9 Å². The van der Waals surface area contributed by atoms with Gasteiger partial charge in [-0.25, -0.2) is 9.59 Å². The van der Waals surface area contributed by atoms with Crippen LogP contribution in [0.4, 0.5) is 0 Å². The maximum absolute atomic E-state index is 13.1. The van der Waals surface area contributed by atoms with E-state index in [0.717, 1.165) is 19.3 Å². The second kappa shape index (κ2) is 15.0. The molecular formula is C30H41NO8. The number of benzene rings is 1. The Morgan fingerprint density at radius 2 is 1.74 bits per heavy atom. The van der Waals surface area contributed by atoms with Crippen LogP contribution in [0, 0.1) is 17.2 Å². The molecule has 214 valence electrons. The Kier molecular flexibility index (Phi) is 11.8. The molecule has 2 heterocycles. The van der Waals surface area contributed by atoms with Gasteiger partial charge in [0, 0.05) is 25.3 Å². The third-order valence-electron chi connectivity index (χ3n) is 7.13. The summed E-state index contributed by atoms with van der Waals surface area (Å²) in [5.74, 6) is -1.19. The number of esters is 3. The van der Waals surface area contributed by atoms with Gasteiger partial charge in [-0.2, -0.15) is 5.26 Å². The maximum atomic E-state index is 13.1. The van der Waals surface area contributed by atoms with Crippen LogP contribution < -0.4 is 0 Å². The van der Waals surface area contributed by atoms with Crippen molar-refractivity contribution in [1.82, 2.24) is 0 Å². The average molecular weight is 544 g/mol.